The zero-order valence-corrected chi connectivity index (χ0v) is 6.95. The van der Waals surface area contributed by atoms with Gasteiger partial charge in [-0.25, -0.2) is 0 Å². The van der Waals surface area contributed by atoms with Gasteiger partial charge in [0.15, 0.2) is 0 Å². The predicted octanol–water partition coefficient (Wildman–Crippen LogP) is 1.25. The molecule has 1 rings (SSSR count). The molecule has 1 aromatic heterocycles. The van der Waals surface area contributed by atoms with Gasteiger partial charge in [-0.2, -0.15) is 5.10 Å². The van der Waals surface area contributed by atoms with Crippen LogP contribution in [-0.2, 0) is 4.84 Å². The third-order valence-corrected chi connectivity index (χ3v) is 1.32. The van der Waals surface area contributed by atoms with Gasteiger partial charge in [-0.05, 0) is 12.5 Å². The van der Waals surface area contributed by atoms with Gasteiger partial charge in [0.25, 0.3) is 0 Å². The van der Waals surface area contributed by atoms with Gasteiger partial charge in [0.2, 0.25) is 0 Å². The summed E-state index contributed by atoms with van der Waals surface area (Å²) in [4.78, 5) is 4.81. The predicted molar refractivity (Wildman–Crippen MR) is 47.1 cm³/mol. The second-order valence-electron chi connectivity index (χ2n) is 2.29. The Labute approximate surface area is 70.9 Å². The fraction of sp³-hybridized carbons (Fsp3) is 0.250. The molecule has 0 radical (unpaired) electrons. The van der Waals surface area contributed by atoms with Crippen molar-refractivity contribution < 1.29 is 4.84 Å². The molecule has 12 heavy (non-hydrogen) atoms. The van der Waals surface area contributed by atoms with Crippen LogP contribution in [0.3, 0.4) is 0 Å². The smallest absolute Gasteiger partial charge is 0.135 e. The molecule has 0 saturated carbocycles. The summed E-state index contributed by atoms with van der Waals surface area (Å²) in [7, 11) is 0. The van der Waals surface area contributed by atoms with E-state index in [9.17, 15) is 0 Å². The molecular formula is C8H11N3O. The van der Waals surface area contributed by atoms with Crippen molar-refractivity contribution in [3.63, 3.8) is 0 Å². The van der Waals surface area contributed by atoms with E-state index in [1.807, 2.05) is 6.92 Å². The number of hydrogen-bond acceptors (Lipinski definition) is 3. The van der Waals surface area contributed by atoms with Crippen molar-refractivity contribution in [2.45, 2.75) is 6.92 Å². The van der Waals surface area contributed by atoms with Crippen molar-refractivity contribution in [2.75, 3.05) is 6.61 Å². The van der Waals surface area contributed by atoms with Gasteiger partial charge in [-0.1, -0.05) is 17.8 Å². The molecule has 4 heteroatoms. The Balaban J connectivity index is 2.46. The number of rotatable bonds is 4. The number of aromatic amines is 1. The summed E-state index contributed by atoms with van der Waals surface area (Å²) in [6.45, 7) is 5.86. The molecule has 1 N–H and O–H groups in total. The lowest BCUT2D eigenvalue weighted by atomic mass is 10.3. The Kier molecular flexibility index (Phi) is 3.07. The minimum absolute atomic E-state index is 0.420. The quantitative estimate of drug-likeness (QED) is 0.316. The monoisotopic (exact) mass is 165 g/mol. The summed E-state index contributed by atoms with van der Waals surface area (Å²) < 4.78 is 0. The van der Waals surface area contributed by atoms with Gasteiger partial charge >= 0.3 is 0 Å². The van der Waals surface area contributed by atoms with Crippen LogP contribution >= 0.6 is 0 Å². The number of nitrogens with zero attached hydrogens (tertiary/aromatic N) is 2. The van der Waals surface area contributed by atoms with E-state index in [1.165, 1.54) is 0 Å². The number of nitrogens with one attached hydrogen (secondary N) is 1. The Bertz CT molecular complexity index is 278. The van der Waals surface area contributed by atoms with Gasteiger partial charge in [0.05, 0.1) is 18.1 Å². The largest absolute Gasteiger partial charge is 0.392 e. The average Bonchev–Trinajstić information content (AvgIpc) is 2.46. The highest BCUT2D eigenvalue weighted by molar-refractivity contribution is 5.78. The van der Waals surface area contributed by atoms with Gasteiger partial charge in [0, 0.05) is 0 Å². The van der Waals surface area contributed by atoms with Gasteiger partial charge < -0.3 is 4.84 Å². The highest BCUT2D eigenvalue weighted by atomic mass is 16.6. The minimum atomic E-state index is 0.420. The van der Waals surface area contributed by atoms with Crippen LogP contribution in [0.4, 0.5) is 0 Å². The molecule has 0 aromatic carbocycles. The van der Waals surface area contributed by atoms with E-state index in [0.717, 1.165) is 11.3 Å². The Hall–Kier alpha value is -1.58. The first-order chi connectivity index (χ1) is 5.84. The van der Waals surface area contributed by atoms with Crippen LogP contribution in [0.2, 0.25) is 0 Å². The zero-order valence-electron chi connectivity index (χ0n) is 6.95. The van der Waals surface area contributed by atoms with Gasteiger partial charge in [-0.3, -0.25) is 5.10 Å². The summed E-state index contributed by atoms with van der Waals surface area (Å²) in [5.74, 6) is 0. The molecule has 0 atom stereocenters. The second-order valence-corrected chi connectivity index (χ2v) is 2.29. The zero-order chi connectivity index (χ0) is 8.81. The lowest BCUT2D eigenvalue weighted by molar-refractivity contribution is 0.176. The lowest BCUT2D eigenvalue weighted by Gasteiger charge is -1.90. The molecule has 0 saturated heterocycles. The SMILES string of the molecule is C=CCO/N=C\c1[nH]ncc1C. The Morgan fingerprint density at radius 3 is 3.25 bits per heavy atom. The fourth-order valence-electron chi connectivity index (χ4n) is 0.673. The fourth-order valence-corrected chi connectivity index (χ4v) is 0.673. The maximum Gasteiger partial charge on any atom is 0.135 e. The number of aryl methyl sites for hydroxylation is 1. The van der Waals surface area contributed by atoms with Crippen molar-refractivity contribution >= 4 is 6.21 Å². The molecule has 64 valence electrons. The molecule has 0 fully saturated rings. The molecule has 0 aliphatic heterocycles. The maximum atomic E-state index is 4.81. The van der Waals surface area contributed by atoms with E-state index in [1.54, 1.807) is 18.5 Å². The van der Waals surface area contributed by atoms with Gasteiger partial charge in [0.1, 0.15) is 6.61 Å². The molecule has 0 amide bonds. The number of hydrogen-bond donors (Lipinski definition) is 1. The third-order valence-electron chi connectivity index (χ3n) is 1.32. The molecule has 0 unspecified atom stereocenters. The highest BCUT2D eigenvalue weighted by Crippen LogP contribution is 1.97. The van der Waals surface area contributed by atoms with Crippen LogP contribution < -0.4 is 0 Å². The van der Waals surface area contributed by atoms with Crippen LogP contribution in [0.5, 0.6) is 0 Å². The van der Waals surface area contributed by atoms with Crippen molar-refractivity contribution in [3.05, 3.63) is 30.1 Å². The molecule has 1 heterocycles. The van der Waals surface area contributed by atoms with E-state index in [0.29, 0.717) is 6.61 Å². The summed E-state index contributed by atoms with van der Waals surface area (Å²) in [6.07, 6.45) is 4.96. The second kappa shape index (κ2) is 4.33. The highest BCUT2D eigenvalue weighted by Gasteiger charge is 1.94. The number of aromatic nitrogens is 2. The average molecular weight is 165 g/mol. The molecule has 0 aliphatic carbocycles. The summed E-state index contributed by atoms with van der Waals surface area (Å²) >= 11 is 0. The van der Waals surface area contributed by atoms with Crippen molar-refractivity contribution in [3.8, 4) is 0 Å². The van der Waals surface area contributed by atoms with Crippen LogP contribution in [0.25, 0.3) is 0 Å². The van der Waals surface area contributed by atoms with Crippen LogP contribution in [-0.4, -0.2) is 23.0 Å². The summed E-state index contributed by atoms with van der Waals surface area (Å²) in [5, 5.41) is 10.3. The molecule has 1 aromatic rings. The van der Waals surface area contributed by atoms with E-state index in [2.05, 4.69) is 21.9 Å². The van der Waals surface area contributed by atoms with Crippen LogP contribution in [0, 0.1) is 6.92 Å². The number of oxime groups is 1. The first-order valence-corrected chi connectivity index (χ1v) is 3.61. The summed E-state index contributed by atoms with van der Waals surface area (Å²) in [5.41, 5.74) is 1.90. The maximum absolute atomic E-state index is 4.81. The number of H-pyrrole nitrogens is 1. The Morgan fingerprint density at radius 2 is 2.67 bits per heavy atom. The molecule has 0 spiro atoms. The third kappa shape index (κ3) is 2.23. The molecular weight excluding hydrogens is 154 g/mol. The van der Waals surface area contributed by atoms with Crippen molar-refractivity contribution in [1.82, 2.24) is 10.2 Å². The van der Waals surface area contributed by atoms with Gasteiger partial charge in [-0.15, -0.1) is 0 Å². The topological polar surface area (TPSA) is 50.3 Å². The first kappa shape index (κ1) is 8.52. The standard InChI is InChI=1S/C8H11N3O/c1-3-4-12-10-6-8-7(2)5-9-11-8/h3,5-6H,1,4H2,2H3,(H,9,11)/b10-6-. The van der Waals surface area contributed by atoms with Crippen molar-refractivity contribution in [2.24, 2.45) is 5.16 Å². The van der Waals surface area contributed by atoms with Crippen molar-refractivity contribution in [1.29, 1.82) is 0 Å². The molecule has 0 aliphatic rings. The van der Waals surface area contributed by atoms with Crippen LogP contribution in [0.1, 0.15) is 11.3 Å². The first-order valence-electron chi connectivity index (χ1n) is 3.61. The van der Waals surface area contributed by atoms with E-state index in [4.69, 9.17) is 4.84 Å². The molecule has 0 bridgehead atoms. The van der Waals surface area contributed by atoms with E-state index < -0.39 is 0 Å². The Morgan fingerprint density at radius 1 is 1.83 bits per heavy atom. The normalized spacial score (nSPS) is 10.4. The summed E-state index contributed by atoms with van der Waals surface area (Å²) in [6, 6.07) is 0. The van der Waals surface area contributed by atoms with E-state index in [-0.39, 0.29) is 0 Å². The van der Waals surface area contributed by atoms with E-state index >= 15 is 0 Å². The van der Waals surface area contributed by atoms with Crippen LogP contribution in [0.15, 0.2) is 24.0 Å². The molecule has 4 nitrogen and oxygen atoms in total. The minimum Gasteiger partial charge on any atom is -0.392 e. The lowest BCUT2D eigenvalue weighted by Crippen LogP contribution is -1.87.